The summed E-state index contributed by atoms with van der Waals surface area (Å²) in [6, 6.07) is 3.84. The highest BCUT2D eigenvalue weighted by atomic mass is 32.1. The van der Waals surface area contributed by atoms with Gasteiger partial charge in [-0.1, -0.05) is 12.8 Å². The van der Waals surface area contributed by atoms with E-state index in [9.17, 15) is 9.59 Å². The summed E-state index contributed by atoms with van der Waals surface area (Å²) in [6.07, 6.45) is 6.00. The predicted molar refractivity (Wildman–Crippen MR) is 64.1 cm³/mol. The molecule has 1 aromatic rings. The van der Waals surface area contributed by atoms with Gasteiger partial charge in [0.2, 0.25) is 0 Å². The van der Waals surface area contributed by atoms with Crippen LogP contribution in [0.3, 0.4) is 0 Å². The third-order valence-electron chi connectivity index (χ3n) is 2.36. The molecule has 16 heavy (non-hydrogen) atoms. The van der Waals surface area contributed by atoms with Gasteiger partial charge >= 0.3 is 5.97 Å². The van der Waals surface area contributed by atoms with Crippen LogP contribution >= 0.6 is 11.3 Å². The van der Waals surface area contributed by atoms with Crippen molar-refractivity contribution in [2.45, 2.75) is 38.5 Å². The molecule has 1 rings (SSSR count). The Morgan fingerprint density at radius 3 is 2.62 bits per heavy atom. The fourth-order valence-electron chi connectivity index (χ4n) is 1.52. The van der Waals surface area contributed by atoms with E-state index in [1.165, 1.54) is 16.2 Å². The summed E-state index contributed by atoms with van der Waals surface area (Å²) < 4.78 is 0. The number of thiophene rings is 1. The van der Waals surface area contributed by atoms with Crippen molar-refractivity contribution in [2.75, 3.05) is 0 Å². The Bertz CT molecular complexity index is 344. The van der Waals surface area contributed by atoms with Crippen LogP contribution in [-0.4, -0.2) is 17.4 Å². The molecule has 0 aliphatic heterocycles. The fourth-order valence-corrected chi connectivity index (χ4v) is 2.39. The van der Waals surface area contributed by atoms with Gasteiger partial charge in [0.05, 0.1) is 4.88 Å². The van der Waals surface area contributed by atoms with Gasteiger partial charge in [-0.3, -0.25) is 9.59 Å². The lowest BCUT2D eigenvalue weighted by Crippen LogP contribution is -1.93. The Labute approximate surface area is 99.1 Å². The summed E-state index contributed by atoms with van der Waals surface area (Å²) in [7, 11) is 0. The number of carbonyl (C=O) groups is 2. The molecule has 1 aromatic heterocycles. The molecule has 0 aromatic carbocycles. The van der Waals surface area contributed by atoms with Gasteiger partial charge in [-0.15, -0.1) is 11.3 Å². The average Bonchev–Trinajstić information content (AvgIpc) is 2.70. The number of hydrogen-bond donors (Lipinski definition) is 1. The zero-order chi connectivity index (χ0) is 11.8. The van der Waals surface area contributed by atoms with Crippen molar-refractivity contribution in [3.8, 4) is 0 Å². The largest absolute Gasteiger partial charge is 0.481 e. The van der Waals surface area contributed by atoms with Crippen molar-refractivity contribution < 1.29 is 14.7 Å². The third-order valence-corrected chi connectivity index (χ3v) is 3.43. The average molecular weight is 240 g/mol. The maximum atomic E-state index is 10.5. The molecule has 0 atom stereocenters. The number of carboxylic acid groups (broad SMARTS) is 1. The van der Waals surface area contributed by atoms with Gasteiger partial charge in [0.1, 0.15) is 0 Å². The first-order valence-corrected chi connectivity index (χ1v) is 6.29. The summed E-state index contributed by atoms with van der Waals surface area (Å²) in [4.78, 5) is 22.7. The highest BCUT2D eigenvalue weighted by Crippen LogP contribution is 2.17. The zero-order valence-electron chi connectivity index (χ0n) is 9.15. The topological polar surface area (TPSA) is 54.4 Å². The molecule has 0 saturated carbocycles. The quantitative estimate of drug-likeness (QED) is 0.561. The Morgan fingerprint density at radius 2 is 2.00 bits per heavy atom. The van der Waals surface area contributed by atoms with Crippen LogP contribution in [0.15, 0.2) is 12.1 Å². The van der Waals surface area contributed by atoms with Crippen LogP contribution in [0.5, 0.6) is 0 Å². The molecule has 0 radical (unpaired) electrons. The van der Waals surface area contributed by atoms with Gasteiger partial charge in [-0.2, -0.15) is 0 Å². The van der Waals surface area contributed by atoms with E-state index in [1.807, 2.05) is 12.1 Å². The van der Waals surface area contributed by atoms with Gasteiger partial charge in [0.25, 0.3) is 0 Å². The van der Waals surface area contributed by atoms with Crippen LogP contribution in [0.1, 0.15) is 46.7 Å². The molecule has 0 fully saturated rings. The number of carboxylic acids is 1. The third kappa shape index (κ3) is 5.07. The van der Waals surface area contributed by atoms with Crippen LogP contribution in [0.4, 0.5) is 0 Å². The number of rotatable bonds is 8. The lowest BCUT2D eigenvalue weighted by atomic mass is 10.1. The maximum Gasteiger partial charge on any atom is 0.303 e. The van der Waals surface area contributed by atoms with Gasteiger partial charge in [-0.05, 0) is 31.4 Å². The maximum absolute atomic E-state index is 10.5. The summed E-state index contributed by atoms with van der Waals surface area (Å²) >= 11 is 1.54. The molecule has 0 spiro atoms. The SMILES string of the molecule is O=Cc1ccc(CCCCCCC(=O)O)s1. The first-order chi connectivity index (χ1) is 7.72. The van der Waals surface area contributed by atoms with Crippen molar-refractivity contribution in [2.24, 2.45) is 0 Å². The second-order valence-corrected chi connectivity index (χ2v) is 4.93. The van der Waals surface area contributed by atoms with Gasteiger partial charge in [-0.25, -0.2) is 0 Å². The monoisotopic (exact) mass is 240 g/mol. The summed E-state index contributed by atoms with van der Waals surface area (Å²) in [5.41, 5.74) is 0. The van der Waals surface area contributed by atoms with Gasteiger partial charge in [0, 0.05) is 11.3 Å². The van der Waals surface area contributed by atoms with E-state index in [0.717, 1.165) is 43.3 Å². The van der Waals surface area contributed by atoms with Gasteiger partial charge in [0.15, 0.2) is 6.29 Å². The van der Waals surface area contributed by atoms with Crippen molar-refractivity contribution in [3.63, 3.8) is 0 Å². The van der Waals surface area contributed by atoms with Crippen molar-refractivity contribution in [3.05, 3.63) is 21.9 Å². The first kappa shape index (κ1) is 12.9. The minimum Gasteiger partial charge on any atom is -0.481 e. The molecule has 88 valence electrons. The molecule has 1 heterocycles. The minimum atomic E-state index is -0.714. The van der Waals surface area contributed by atoms with Crippen molar-refractivity contribution >= 4 is 23.6 Å². The molecule has 1 N–H and O–H groups in total. The number of aryl methyl sites for hydroxylation is 1. The van der Waals surface area contributed by atoms with E-state index < -0.39 is 5.97 Å². The Kier molecular flexibility index (Phi) is 5.78. The summed E-state index contributed by atoms with van der Waals surface area (Å²) in [5, 5.41) is 8.45. The second kappa shape index (κ2) is 7.17. The smallest absolute Gasteiger partial charge is 0.303 e. The van der Waals surface area contributed by atoms with Gasteiger partial charge < -0.3 is 5.11 Å². The number of hydrogen-bond acceptors (Lipinski definition) is 3. The minimum absolute atomic E-state index is 0.272. The highest BCUT2D eigenvalue weighted by molar-refractivity contribution is 7.13. The number of carbonyl (C=O) groups excluding carboxylic acids is 1. The number of aldehydes is 1. The molecule has 0 aliphatic rings. The number of aliphatic carboxylic acids is 1. The summed E-state index contributed by atoms with van der Waals surface area (Å²) in [6.45, 7) is 0. The molecule has 4 heteroatoms. The Morgan fingerprint density at radius 1 is 1.25 bits per heavy atom. The Balaban J connectivity index is 2.07. The van der Waals surface area contributed by atoms with E-state index in [2.05, 4.69) is 0 Å². The predicted octanol–water partition coefficient (Wildman–Crippen LogP) is 3.14. The van der Waals surface area contributed by atoms with Crippen LogP contribution in [-0.2, 0) is 11.2 Å². The molecule has 0 bridgehead atoms. The first-order valence-electron chi connectivity index (χ1n) is 5.48. The highest BCUT2D eigenvalue weighted by Gasteiger charge is 2.00. The molecule has 0 saturated heterocycles. The normalized spacial score (nSPS) is 10.2. The number of unbranched alkanes of at least 4 members (excludes halogenated alkanes) is 3. The molecule has 3 nitrogen and oxygen atoms in total. The van der Waals surface area contributed by atoms with E-state index in [0.29, 0.717) is 0 Å². The van der Waals surface area contributed by atoms with E-state index in [4.69, 9.17) is 5.11 Å². The molecular weight excluding hydrogens is 224 g/mol. The van der Waals surface area contributed by atoms with Crippen LogP contribution in [0.25, 0.3) is 0 Å². The molecule has 0 aliphatic carbocycles. The zero-order valence-corrected chi connectivity index (χ0v) is 9.96. The lowest BCUT2D eigenvalue weighted by molar-refractivity contribution is -0.137. The van der Waals surface area contributed by atoms with E-state index in [1.54, 1.807) is 0 Å². The molecule has 0 amide bonds. The van der Waals surface area contributed by atoms with Crippen molar-refractivity contribution in [1.82, 2.24) is 0 Å². The lowest BCUT2D eigenvalue weighted by Gasteiger charge is -1.98. The fraction of sp³-hybridized carbons (Fsp3) is 0.500. The summed E-state index contributed by atoms with van der Waals surface area (Å²) in [5.74, 6) is -0.714. The van der Waals surface area contributed by atoms with Crippen molar-refractivity contribution in [1.29, 1.82) is 0 Å². The van der Waals surface area contributed by atoms with Crippen LogP contribution < -0.4 is 0 Å². The second-order valence-electron chi connectivity index (χ2n) is 3.73. The molecular formula is C12H16O3S. The van der Waals surface area contributed by atoms with Crippen LogP contribution in [0.2, 0.25) is 0 Å². The van der Waals surface area contributed by atoms with Crippen LogP contribution in [0, 0.1) is 0 Å². The van der Waals surface area contributed by atoms with E-state index in [-0.39, 0.29) is 6.42 Å². The van der Waals surface area contributed by atoms with E-state index >= 15 is 0 Å². The standard InChI is InChI=1S/C12H16O3S/c13-9-11-8-7-10(16-11)5-3-1-2-4-6-12(14)15/h7-9H,1-6H2,(H,14,15). The Hall–Kier alpha value is -1.16. The molecule has 0 unspecified atom stereocenters.